The Morgan fingerprint density at radius 3 is 2.52 bits per heavy atom. The average molecular weight is 448 g/mol. The van der Waals surface area contributed by atoms with E-state index in [1.54, 1.807) is 12.1 Å². The minimum atomic E-state index is -0.164. The fourth-order valence-corrected chi connectivity index (χ4v) is 5.39. The monoisotopic (exact) mass is 447 g/mol. The molecule has 2 aliphatic heterocycles. The molecule has 1 N–H and O–H groups in total. The Hall–Kier alpha value is -2.92. The molecule has 0 aliphatic carbocycles. The Balaban J connectivity index is 0.00000126. The van der Waals surface area contributed by atoms with E-state index in [-0.39, 0.29) is 11.7 Å². The molecule has 2 aromatic carbocycles. The SMILES string of the molecule is C=C.CC1CN(C(=O)c2cccc3cc[nH]c23)C[C@H]1CN1CCC(c2ccc(F)cc2)CC1. The summed E-state index contributed by atoms with van der Waals surface area (Å²) in [7, 11) is 0. The molecule has 33 heavy (non-hydrogen) atoms. The van der Waals surface area contributed by atoms with Gasteiger partial charge < -0.3 is 14.8 Å². The van der Waals surface area contributed by atoms with Crippen LogP contribution in [-0.4, -0.2) is 53.4 Å². The molecular weight excluding hydrogens is 413 g/mol. The van der Waals surface area contributed by atoms with Crippen molar-refractivity contribution in [2.75, 3.05) is 32.7 Å². The van der Waals surface area contributed by atoms with E-state index < -0.39 is 0 Å². The number of H-pyrrole nitrogens is 1. The number of piperidine rings is 1. The van der Waals surface area contributed by atoms with Crippen LogP contribution in [0.4, 0.5) is 4.39 Å². The molecule has 2 saturated heterocycles. The summed E-state index contributed by atoms with van der Waals surface area (Å²) in [6, 6.07) is 14.9. The number of hydrogen-bond donors (Lipinski definition) is 1. The second kappa shape index (κ2) is 10.3. The minimum Gasteiger partial charge on any atom is -0.361 e. The summed E-state index contributed by atoms with van der Waals surface area (Å²) in [6.45, 7) is 13.1. The van der Waals surface area contributed by atoms with Crippen LogP contribution in [0.5, 0.6) is 0 Å². The Labute approximate surface area is 196 Å². The Bertz CT molecular complexity index is 1070. The third-order valence-electron chi connectivity index (χ3n) is 7.29. The zero-order valence-corrected chi connectivity index (χ0v) is 19.5. The number of rotatable bonds is 4. The van der Waals surface area contributed by atoms with Crippen LogP contribution in [0.2, 0.25) is 0 Å². The lowest BCUT2D eigenvalue weighted by Crippen LogP contribution is -2.38. The van der Waals surface area contributed by atoms with Crippen LogP contribution < -0.4 is 0 Å². The largest absolute Gasteiger partial charge is 0.361 e. The number of aromatic nitrogens is 1. The number of aromatic amines is 1. The normalized spacial score (nSPS) is 21.7. The predicted molar refractivity (Wildman–Crippen MR) is 133 cm³/mol. The maximum absolute atomic E-state index is 13.2. The fraction of sp³-hybridized carbons (Fsp3) is 0.393. The number of hydrogen-bond acceptors (Lipinski definition) is 2. The quantitative estimate of drug-likeness (QED) is 0.522. The standard InChI is InChI=1S/C26H30FN3O.C2H4/c1-18-15-30(26(31)24-4-2-3-21-9-12-28-25(21)24)17-22(18)16-29-13-10-20(11-14-29)19-5-7-23(27)8-6-19;1-2/h2-9,12,18,20,22,28H,10-11,13-17H2,1H3;1-2H2/t18?,22-;/m1./s1. The maximum atomic E-state index is 13.2. The van der Waals surface area contributed by atoms with E-state index in [1.807, 2.05) is 47.5 Å². The van der Waals surface area contributed by atoms with Gasteiger partial charge in [0.05, 0.1) is 11.1 Å². The van der Waals surface area contributed by atoms with Crippen molar-refractivity contribution in [3.63, 3.8) is 0 Å². The summed E-state index contributed by atoms with van der Waals surface area (Å²) in [5, 5.41) is 1.08. The van der Waals surface area contributed by atoms with E-state index in [9.17, 15) is 9.18 Å². The van der Waals surface area contributed by atoms with Crippen LogP contribution in [-0.2, 0) is 0 Å². The van der Waals surface area contributed by atoms with Gasteiger partial charge in [0.25, 0.3) is 5.91 Å². The van der Waals surface area contributed by atoms with Gasteiger partial charge >= 0.3 is 0 Å². The first-order valence-corrected chi connectivity index (χ1v) is 11.9. The summed E-state index contributed by atoms with van der Waals surface area (Å²) < 4.78 is 13.2. The molecule has 2 atom stereocenters. The number of para-hydroxylation sites is 1. The van der Waals surface area contributed by atoms with E-state index in [2.05, 4.69) is 30.0 Å². The first kappa shape index (κ1) is 23.2. The molecule has 0 bridgehead atoms. The molecule has 2 fully saturated rings. The minimum absolute atomic E-state index is 0.136. The van der Waals surface area contributed by atoms with Crippen LogP contribution in [0.15, 0.2) is 67.9 Å². The molecule has 4 nitrogen and oxygen atoms in total. The molecule has 0 radical (unpaired) electrons. The third-order valence-corrected chi connectivity index (χ3v) is 7.29. The first-order chi connectivity index (χ1) is 16.1. The highest BCUT2D eigenvalue weighted by atomic mass is 19.1. The first-order valence-electron chi connectivity index (χ1n) is 11.9. The van der Waals surface area contributed by atoms with Crippen molar-refractivity contribution in [3.05, 3.63) is 84.8 Å². The Kier molecular flexibility index (Phi) is 7.29. The number of carbonyl (C=O) groups is 1. The lowest BCUT2D eigenvalue weighted by molar-refractivity contribution is 0.0782. The number of fused-ring (bicyclic) bond motifs is 1. The topological polar surface area (TPSA) is 39.3 Å². The summed E-state index contributed by atoms with van der Waals surface area (Å²) in [4.78, 5) is 21.1. The van der Waals surface area contributed by atoms with Gasteiger partial charge in [-0.3, -0.25) is 4.79 Å². The van der Waals surface area contributed by atoms with E-state index in [4.69, 9.17) is 0 Å². The summed E-state index contributed by atoms with van der Waals surface area (Å²) in [6.07, 6.45) is 4.13. The Morgan fingerprint density at radius 1 is 1.06 bits per heavy atom. The predicted octanol–water partition coefficient (Wildman–Crippen LogP) is 5.70. The summed E-state index contributed by atoms with van der Waals surface area (Å²) in [5.74, 6) is 1.51. The highest BCUT2D eigenvalue weighted by Crippen LogP contribution is 2.31. The number of amides is 1. The highest BCUT2D eigenvalue weighted by Gasteiger charge is 2.35. The smallest absolute Gasteiger partial charge is 0.256 e. The van der Waals surface area contributed by atoms with Crippen molar-refractivity contribution in [2.24, 2.45) is 11.8 Å². The molecule has 5 heteroatoms. The zero-order chi connectivity index (χ0) is 23.4. The molecule has 0 spiro atoms. The van der Waals surface area contributed by atoms with Crippen molar-refractivity contribution in [1.82, 2.24) is 14.8 Å². The van der Waals surface area contributed by atoms with Crippen molar-refractivity contribution >= 4 is 16.8 Å². The van der Waals surface area contributed by atoms with E-state index in [0.29, 0.717) is 17.8 Å². The number of benzene rings is 2. The number of halogens is 1. The van der Waals surface area contributed by atoms with Crippen molar-refractivity contribution in [2.45, 2.75) is 25.7 Å². The van der Waals surface area contributed by atoms with Gasteiger partial charge in [-0.25, -0.2) is 4.39 Å². The van der Waals surface area contributed by atoms with Gasteiger partial charge in [0, 0.05) is 31.2 Å². The van der Waals surface area contributed by atoms with Crippen LogP contribution in [0.25, 0.3) is 10.9 Å². The molecule has 5 rings (SSSR count). The second-order valence-corrected chi connectivity index (χ2v) is 9.32. The Morgan fingerprint density at radius 2 is 1.79 bits per heavy atom. The molecule has 3 aromatic rings. The van der Waals surface area contributed by atoms with Crippen LogP contribution >= 0.6 is 0 Å². The average Bonchev–Trinajstić information content (AvgIpc) is 3.48. The van der Waals surface area contributed by atoms with Gasteiger partial charge in [0.2, 0.25) is 0 Å². The van der Waals surface area contributed by atoms with E-state index in [1.165, 1.54) is 5.56 Å². The molecule has 1 aromatic heterocycles. The van der Waals surface area contributed by atoms with E-state index >= 15 is 0 Å². The molecule has 174 valence electrons. The number of nitrogens with zero attached hydrogens (tertiary/aromatic N) is 2. The van der Waals surface area contributed by atoms with Crippen molar-refractivity contribution in [1.29, 1.82) is 0 Å². The fourth-order valence-electron chi connectivity index (χ4n) is 5.39. The van der Waals surface area contributed by atoms with Crippen molar-refractivity contribution < 1.29 is 9.18 Å². The van der Waals surface area contributed by atoms with Crippen LogP contribution in [0.1, 0.15) is 41.6 Å². The third kappa shape index (κ3) is 5.03. The molecular formula is C28H34FN3O. The van der Waals surface area contributed by atoms with Gasteiger partial charge in [-0.15, -0.1) is 13.2 Å². The van der Waals surface area contributed by atoms with Gasteiger partial charge in [-0.2, -0.15) is 0 Å². The van der Waals surface area contributed by atoms with E-state index in [0.717, 1.165) is 62.0 Å². The molecule has 1 amide bonds. The molecule has 0 saturated carbocycles. The maximum Gasteiger partial charge on any atom is 0.256 e. The lowest BCUT2D eigenvalue weighted by Gasteiger charge is -2.34. The van der Waals surface area contributed by atoms with Crippen molar-refractivity contribution in [3.8, 4) is 0 Å². The number of likely N-dealkylation sites (tertiary alicyclic amines) is 2. The second-order valence-electron chi connectivity index (χ2n) is 9.32. The highest BCUT2D eigenvalue weighted by molar-refractivity contribution is 6.05. The summed E-state index contributed by atoms with van der Waals surface area (Å²) >= 11 is 0. The van der Waals surface area contributed by atoms with Crippen LogP contribution in [0.3, 0.4) is 0 Å². The molecule has 3 heterocycles. The van der Waals surface area contributed by atoms with Gasteiger partial charge in [0.15, 0.2) is 0 Å². The zero-order valence-electron chi connectivity index (χ0n) is 19.5. The number of nitrogens with one attached hydrogen (secondary N) is 1. The molecule has 2 aliphatic rings. The van der Waals surface area contributed by atoms with Gasteiger partial charge in [-0.05, 0) is 73.5 Å². The number of carbonyl (C=O) groups excluding carboxylic acids is 1. The summed E-state index contributed by atoms with van der Waals surface area (Å²) in [5.41, 5.74) is 2.97. The van der Waals surface area contributed by atoms with Crippen LogP contribution in [0, 0.1) is 17.7 Å². The van der Waals surface area contributed by atoms with Gasteiger partial charge in [-0.1, -0.05) is 31.2 Å². The molecule has 1 unspecified atom stereocenters. The van der Waals surface area contributed by atoms with Gasteiger partial charge in [0.1, 0.15) is 5.82 Å². The lowest BCUT2D eigenvalue weighted by atomic mass is 9.88.